The van der Waals surface area contributed by atoms with Gasteiger partial charge in [-0.05, 0) is 49.6 Å². The molecule has 0 spiro atoms. The van der Waals surface area contributed by atoms with E-state index in [0.29, 0.717) is 12.2 Å². The van der Waals surface area contributed by atoms with Crippen molar-refractivity contribution in [1.82, 2.24) is 19.6 Å². The Morgan fingerprint density at radius 3 is 2.77 bits per heavy atom. The van der Waals surface area contributed by atoms with Crippen LogP contribution in [0.25, 0.3) is 5.78 Å². The summed E-state index contributed by atoms with van der Waals surface area (Å²) in [5.74, 6) is 0.965. The van der Waals surface area contributed by atoms with Gasteiger partial charge in [0.2, 0.25) is 0 Å². The van der Waals surface area contributed by atoms with Crippen LogP contribution in [-0.4, -0.2) is 46.3 Å². The zero-order valence-electron chi connectivity index (χ0n) is 14.0. The number of aromatic nitrogens is 4. The van der Waals surface area contributed by atoms with E-state index >= 15 is 0 Å². The number of benzene rings is 1. The van der Waals surface area contributed by atoms with Crippen molar-refractivity contribution in [2.75, 3.05) is 17.2 Å². The highest BCUT2D eigenvalue weighted by atomic mass is 32.2. The Hall–Kier alpha value is -2.55. The predicted molar refractivity (Wildman–Crippen MR) is 94.2 cm³/mol. The third-order valence-corrected chi connectivity index (χ3v) is 6.49. The molecule has 9 heteroatoms. The lowest BCUT2D eigenvalue weighted by Crippen LogP contribution is -2.32. The molecule has 1 fully saturated rings. The fourth-order valence-corrected chi connectivity index (χ4v) is 4.80. The molecule has 1 aliphatic heterocycles. The van der Waals surface area contributed by atoms with Crippen LogP contribution in [0.5, 0.6) is 0 Å². The summed E-state index contributed by atoms with van der Waals surface area (Å²) in [5, 5.41) is 4.21. The molecule has 0 aliphatic carbocycles. The molecular formula is C17H18FN5O2S. The van der Waals surface area contributed by atoms with E-state index in [4.69, 9.17) is 0 Å². The van der Waals surface area contributed by atoms with Crippen LogP contribution in [0.4, 0.5) is 10.2 Å². The molecule has 7 nitrogen and oxygen atoms in total. The molecule has 0 unspecified atom stereocenters. The van der Waals surface area contributed by atoms with Crippen LogP contribution < -0.4 is 4.90 Å². The summed E-state index contributed by atoms with van der Waals surface area (Å²) in [4.78, 5) is 10.6. The van der Waals surface area contributed by atoms with E-state index < -0.39 is 15.7 Å². The third kappa shape index (κ3) is 3.14. The lowest BCUT2D eigenvalue weighted by atomic mass is 10.2. The van der Waals surface area contributed by atoms with Crippen molar-refractivity contribution in [1.29, 1.82) is 0 Å². The molecule has 1 aromatic carbocycles. The molecule has 0 radical (unpaired) electrons. The van der Waals surface area contributed by atoms with Gasteiger partial charge in [0.15, 0.2) is 9.84 Å². The van der Waals surface area contributed by atoms with E-state index in [2.05, 4.69) is 20.0 Å². The van der Waals surface area contributed by atoms with E-state index in [0.717, 1.165) is 25.2 Å². The van der Waals surface area contributed by atoms with Gasteiger partial charge < -0.3 is 4.90 Å². The van der Waals surface area contributed by atoms with E-state index in [1.165, 1.54) is 30.6 Å². The standard InChI is InChI=1S/C17H18FN5O2S/c18-13-3-5-15(6-4-13)26(24,25)11-8-14-2-1-10-22(14)16-7-9-19-17-20-12-21-23(16)17/h3-7,9,12,14H,1-2,8,10-11H2/t14-/m1/s1. The normalized spacial score (nSPS) is 17.9. The summed E-state index contributed by atoms with van der Waals surface area (Å²) in [6.07, 6.45) is 5.54. The number of hydrogen-bond acceptors (Lipinski definition) is 6. The Labute approximate surface area is 150 Å². The first kappa shape index (κ1) is 16.9. The summed E-state index contributed by atoms with van der Waals surface area (Å²) in [7, 11) is -3.44. The summed E-state index contributed by atoms with van der Waals surface area (Å²) in [6.45, 7) is 0.834. The summed E-state index contributed by atoms with van der Waals surface area (Å²) in [5.41, 5.74) is 0. The molecule has 3 heterocycles. The first-order valence-electron chi connectivity index (χ1n) is 8.44. The van der Waals surface area contributed by atoms with Gasteiger partial charge in [0.25, 0.3) is 5.78 Å². The molecule has 1 aliphatic rings. The van der Waals surface area contributed by atoms with E-state index in [1.54, 1.807) is 10.7 Å². The Bertz CT molecular complexity index is 1020. The molecule has 0 saturated carbocycles. The fourth-order valence-electron chi connectivity index (χ4n) is 3.43. The highest BCUT2D eigenvalue weighted by molar-refractivity contribution is 7.91. The minimum absolute atomic E-state index is 0.0192. The maximum atomic E-state index is 13.0. The second-order valence-electron chi connectivity index (χ2n) is 6.33. The SMILES string of the molecule is O=S(=O)(CC[C@H]1CCCN1c1ccnc2ncnn12)c1ccc(F)cc1. The van der Waals surface area contributed by atoms with Crippen LogP contribution in [0.3, 0.4) is 0 Å². The summed E-state index contributed by atoms with van der Waals surface area (Å²) >= 11 is 0. The Morgan fingerprint density at radius 2 is 1.96 bits per heavy atom. The molecule has 1 atom stereocenters. The van der Waals surface area contributed by atoms with Gasteiger partial charge in [0.05, 0.1) is 10.6 Å². The second kappa shape index (κ2) is 6.64. The lowest BCUT2D eigenvalue weighted by molar-refractivity contribution is 0.578. The fraction of sp³-hybridized carbons (Fsp3) is 0.353. The van der Waals surface area contributed by atoms with Crippen LogP contribution in [0.1, 0.15) is 19.3 Å². The van der Waals surface area contributed by atoms with Crippen molar-refractivity contribution in [3.63, 3.8) is 0 Å². The number of fused-ring (bicyclic) bond motifs is 1. The first-order valence-corrected chi connectivity index (χ1v) is 10.1. The average molecular weight is 375 g/mol. The molecule has 26 heavy (non-hydrogen) atoms. The van der Waals surface area contributed by atoms with E-state index in [1.807, 2.05) is 6.07 Å². The molecule has 0 amide bonds. The highest BCUT2D eigenvalue weighted by Gasteiger charge is 2.28. The number of rotatable bonds is 5. The zero-order valence-corrected chi connectivity index (χ0v) is 14.8. The lowest BCUT2D eigenvalue weighted by Gasteiger charge is -2.26. The maximum Gasteiger partial charge on any atom is 0.254 e. The molecule has 1 saturated heterocycles. The van der Waals surface area contributed by atoms with Gasteiger partial charge in [-0.25, -0.2) is 17.8 Å². The van der Waals surface area contributed by atoms with E-state index in [9.17, 15) is 12.8 Å². The van der Waals surface area contributed by atoms with Gasteiger partial charge in [-0.15, -0.1) is 0 Å². The topological polar surface area (TPSA) is 80.5 Å². The average Bonchev–Trinajstić information content (AvgIpc) is 3.29. The van der Waals surface area contributed by atoms with Gasteiger partial charge in [0.1, 0.15) is 18.0 Å². The monoisotopic (exact) mass is 375 g/mol. The highest BCUT2D eigenvalue weighted by Crippen LogP contribution is 2.28. The molecule has 4 rings (SSSR count). The number of anilines is 1. The Morgan fingerprint density at radius 1 is 1.15 bits per heavy atom. The van der Waals surface area contributed by atoms with Crippen LogP contribution >= 0.6 is 0 Å². The largest absolute Gasteiger partial charge is 0.353 e. The minimum atomic E-state index is -3.44. The summed E-state index contributed by atoms with van der Waals surface area (Å²) < 4.78 is 39.8. The molecule has 136 valence electrons. The zero-order chi connectivity index (χ0) is 18.1. The first-order chi connectivity index (χ1) is 12.5. The Kier molecular flexibility index (Phi) is 4.31. The Balaban J connectivity index is 1.52. The van der Waals surface area contributed by atoms with Crippen LogP contribution in [0.2, 0.25) is 0 Å². The third-order valence-electron chi connectivity index (χ3n) is 4.72. The minimum Gasteiger partial charge on any atom is -0.353 e. The van der Waals surface area contributed by atoms with Gasteiger partial charge in [-0.1, -0.05) is 0 Å². The van der Waals surface area contributed by atoms with Gasteiger partial charge in [-0.2, -0.15) is 14.6 Å². The summed E-state index contributed by atoms with van der Waals surface area (Å²) in [6, 6.07) is 6.95. The van der Waals surface area contributed by atoms with Gasteiger partial charge in [0, 0.05) is 18.8 Å². The van der Waals surface area contributed by atoms with Crippen LogP contribution in [0.15, 0.2) is 47.8 Å². The van der Waals surface area contributed by atoms with Crippen molar-refractivity contribution in [3.05, 3.63) is 48.7 Å². The maximum absolute atomic E-state index is 13.0. The number of nitrogens with zero attached hydrogens (tertiary/aromatic N) is 5. The van der Waals surface area contributed by atoms with Gasteiger partial charge in [-0.3, -0.25) is 0 Å². The number of sulfone groups is 1. The quantitative estimate of drug-likeness (QED) is 0.636. The van der Waals surface area contributed by atoms with Crippen LogP contribution in [0, 0.1) is 5.82 Å². The second-order valence-corrected chi connectivity index (χ2v) is 8.43. The molecule has 2 aromatic heterocycles. The van der Waals surface area contributed by atoms with Crippen molar-refractivity contribution in [3.8, 4) is 0 Å². The van der Waals surface area contributed by atoms with E-state index in [-0.39, 0.29) is 16.7 Å². The molecule has 0 N–H and O–H groups in total. The van der Waals surface area contributed by atoms with Crippen molar-refractivity contribution < 1.29 is 12.8 Å². The number of hydrogen-bond donors (Lipinski definition) is 0. The molecule has 0 bridgehead atoms. The predicted octanol–water partition coefficient (Wildman–Crippen LogP) is 2.10. The van der Waals surface area contributed by atoms with Crippen molar-refractivity contribution in [2.24, 2.45) is 0 Å². The van der Waals surface area contributed by atoms with Crippen molar-refractivity contribution >= 4 is 21.4 Å². The molecule has 3 aromatic rings. The molecular weight excluding hydrogens is 357 g/mol. The van der Waals surface area contributed by atoms with Crippen molar-refractivity contribution in [2.45, 2.75) is 30.2 Å². The smallest absolute Gasteiger partial charge is 0.254 e. The van der Waals surface area contributed by atoms with Gasteiger partial charge >= 0.3 is 0 Å². The number of halogens is 1. The van der Waals surface area contributed by atoms with Crippen LogP contribution in [-0.2, 0) is 9.84 Å².